The first-order valence-electron chi connectivity index (χ1n) is 7.96. The highest BCUT2D eigenvalue weighted by molar-refractivity contribution is 6.11. The molecule has 1 aromatic carbocycles. The second-order valence-corrected chi connectivity index (χ2v) is 5.87. The predicted molar refractivity (Wildman–Crippen MR) is 95.8 cm³/mol. The summed E-state index contributed by atoms with van der Waals surface area (Å²) in [5.74, 6) is 1.12. The van der Waals surface area contributed by atoms with Crippen LogP contribution >= 0.6 is 0 Å². The molecule has 26 heavy (non-hydrogen) atoms. The molecule has 0 unspecified atom stereocenters. The highest BCUT2D eigenvalue weighted by atomic mass is 16.5. The number of nitrogens with zero attached hydrogens (tertiary/aromatic N) is 2. The van der Waals surface area contributed by atoms with Gasteiger partial charge in [0, 0.05) is 38.8 Å². The maximum Gasteiger partial charge on any atom is 0.303 e. The summed E-state index contributed by atoms with van der Waals surface area (Å²) in [5, 5.41) is 0. The number of amides is 3. The van der Waals surface area contributed by atoms with Gasteiger partial charge in [-0.1, -0.05) is 0 Å². The second kappa shape index (κ2) is 7.89. The lowest BCUT2D eigenvalue weighted by molar-refractivity contribution is -0.130. The quantitative estimate of drug-likeness (QED) is 0.581. The second-order valence-electron chi connectivity index (χ2n) is 5.87. The number of primary amides is 1. The first kappa shape index (κ1) is 19.3. The lowest BCUT2D eigenvalue weighted by Gasteiger charge is -2.43. The minimum absolute atomic E-state index is 0.223. The average Bonchev–Trinajstić information content (AvgIpc) is 2.67. The molecule has 2 rings (SSSR count). The zero-order valence-electron chi connectivity index (χ0n) is 14.7. The van der Waals surface area contributed by atoms with Gasteiger partial charge in [-0.2, -0.15) is 0 Å². The third-order valence-corrected chi connectivity index (χ3v) is 4.49. The van der Waals surface area contributed by atoms with Gasteiger partial charge in [0.05, 0.1) is 12.8 Å². The fourth-order valence-electron chi connectivity index (χ4n) is 3.06. The van der Waals surface area contributed by atoms with E-state index in [1.165, 1.54) is 16.9 Å². The van der Waals surface area contributed by atoms with Crippen LogP contribution in [0.4, 0.5) is 11.4 Å². The minimum atomic E-state index is -1.30. The molecule has 3 amide bonds. The number of hydrogen-bond donors (Lipinski definition) is 1. The lowest BCUT2D eigenvalue weighted by Crippen LogP contribution is -2.62. The number of methoxy groups -OCH3 is 1. The summed E-state index contributed by atoms with van der Waals surface area (Å²) in [6, 6.07) is 4.74. The molecular formula is C18H21N3O5. The van der Waals surface area contributed by atoms with Crippen molar-refractivity contribution in [3.8, 4) is 18.1 Å². The molecule has 0 aliphatic carbocycles. The lowest BCUT2D eigenvalue weighted by atomic mass is 9.86. The topological polar surface area (TPSA) is 102 Å². The monoisotopic (exact) mass is 359 g/mol. The Bertz CT molecular complexity index is 750. The normalized spacial score (nSPS) is 15.4. The van der Waals surface area contributed by atoms with E-state index >= 15 is 0 Å². The van der Waals surface area contributed by atoms with Gasteiger partial charge in [-0.3, -0.25) is 19.3 Å². The molecule has 0 radical (unpaired) electrons. The zero-order chi connectivity index (χ0) is 19.3. The molecule has 1 fully saturated rings. The summed E-state index contributed by atoms with van der Waals surface area (Å²) in [6.45, 7) is 0.545. The van der Waals surface area contributed by atoms with Crippen LogP contribution < -0.4 is 20.3 Å². The molecule has 138 valence electrons. The third-order valence-electron chi connectivity index (χ3n) is 4.49. The van der Waals surface area contributed by atoms with Gasteiger partial charge in [-0.05, 0) is 24.1 Å². The van der Waals surface area contributed by atoms with Crippen molar-refractivity contribution in [3.05, 3.63) is 18.2 Å². The maximum absolute atomic E-state index is 12.6. The van der Waals surface area contributed by atoms with Gasteiger partial charge in [0.25, 0.3) is 0 Å². The number of anilines is 2. The maximum atomic E-state index is 12.6. The highest BCUT2D eigenvalue weighted by Gasteiger charge is 2.47. The summed E-state index contributed by atoms with van der Waals surface area (Å²) in [4.78, 5) is 38.6. The average molecular weight is 359 g/mol. The van der Waals surface area contributed by atoms with E-state index < -0.39 is 17.4 Å². The molecule has 8 heteroatoms. The van der Waals surface area contributed by atoms with Crippen molar-refractivity contribution in [2.24, 2.45) is 5.73 Å². The van der Waals surface area contributed by atoms with Crippen molar-refractivity contribution in [3.63, 3.8) is 0 Å². The van der Waals surface area contributed by atoms with Gasteiger partial charge in [0.15, 0.2) is 0 Å². The van der Waals surface area contributed by atoms with Gasteiger partial charge < -0.3 is 20.1 Å². The van der Waals surface area contributed by atoms with Crippen molar-refractivity contribution in [2.75, 3.05) is 37.2 Å². The Kier molecular flexibility index (Phi) is 5.85. The molecule has 0 spiro atoms. The van der Waals surface area contributed by atoms with Crippen LogP contribution in [-0.4, -0.2) is 51.1 Å². The van der Waals surface area contributed by atoms with Gasteiger partial charge in [-0.25, -0.2) is 0 Å². The number of carbonyl (C=O) groups is 3. The van der Waals surface area contributed by atoms with E-state index in [0.717, 1.165) is 0 Å². The minimum Gasteiger partial charge on any atom is -0.495 e. The number of terminal acetylenes is 1. The van der Waals surface area contributed by atoms with E-state index in [0.29, 0.717) is 23.5 Å². The van der Waals surface area contributed by atoms with Crippen molar-refractivity contribution >= 4 is 29.6 Å². The smallest absolute Gasteiger partial charge is 0.303 e. The molecule has 1 aromatic rings. The van der Waals surface area contributed by atoms with Gasteiger partial charge in [0.2, 0.25) is 12.3 Å². The van der Waals surface area contributed by atoms with Gasteiger partial charge in [0.1, 0.15) is 11.3 Å². The Labute approximate surface area is 151 Å². The number of ether oxygens (including phenoxy) is 2. The van der Waals surface area contributed by atoms with E-state index in [9.17, 15) is 14.4 Å². The Morgan fingerprint density at radius 2 is 2.04 bits per heavy atom. The summed E-state index contributed by atoms with van der Waals surface area (Å²) in [5.41, 5.74) is 5.13. The fourth-order valence-corrected chi connectivity index (χ4v) is 3.06. The molecule has 1 saturated heterocycles. The standard InChI is InChI=1S/C18H21N3O5/c1-4-16(23)21(18(17(19)24)7-9-26-10-8-18)13-5-6-15(25-3)14(11-13)20(2)12-22/h1,5-6,11-12H,7-10H2,2-3H3,(H2,19,24). The number of hydrogen-bond acceptors (Lipinski definition) is 5. The summed E-state index contributed by atoms with van der Waals surface area (Å²) in [7, 11) is 3.01. The Morgan fingerprint density at radius 1 is 1.38 bits per heavy atom. The van der Waals surface area contributed by atoms with Crippen LogP contribution in [0.1, 0.15) is 12.8 Å². The fraction of sp³-hybridized carbons (Fsp3) is 0.389. The highest BCUT2D eigenvalue weighted by Crippen LogP contribution is 2.37. The van der Waals surface area contributed by atoms with Crippen LogP contribution in [0.3, 0.4) is 0 Å². The van der Waals surface area contributed by atoms with E-state index in [-0.39, 0.29) is 26.1 Å². The molecule has 0 saturated carbocycles. The van der Waals surface area contributed by atoms with Crippen LogP contribution in [-0.2, 0) is 19.1 Å². The van der Waals surface area contributed by atoms with E-state index in [4.69, 9.17) is 21.6 Å². The molecule has 1 aliphatic rings. The SMILES string of the molecule is C#CC(=O)N(c1ccc(OC)c(N(C)C=O)c1)C1(C(N)=O)CCOCC1. The molecule has 1 heterocycles. The number of rotatable bonds is 6. The van der Waals surface area contributed by atoms with Gasteiger partial charge in [-0.15, -0.1) is 6.42 Å². The molecule has 8 nitrogen and oxygen atoms in total. The van der Waals surface area contributed by atoms with Crippen molar-refractivity contribution in [1.82, 2.24) is 0 Å². The first-order chi connectivity index (χ1) is 12.4. The van der Waals surface area contributed by atoms with E-state index in [1.54, 1.807) is 25.2 Å². The third kappa shape index (κ3) is 3.34. The van der Waals surface area contributed by atoms with Crippen LogP contribution in [0.15, 0.2) is 18.2 Å². The van der Waals surface area contributed by atoms with Crippen LogP contribution in [0.5, 0.6) is 5.75 Å². The molecule has 2 N–H and O–H groups in total. The largest absolute Gasteiger partial charge is 0.495 e. The van der Waals surface area contributed by atoms with Crippen molar-refractivity contribution in [1.29, 1.82) is 0 Å². The summed E-state index contributed by atoms with van der Waals surface area (Å²) in [6.07, 6.45) is 6.39. The van der Waals surface area contributed by atoms with Crippen LogP contribution in [0.2, 0.25) is 0 Å². The first-order valence-corrected chi connectivity index (χ1v) is 7.96. The number of carbonyl (C=O) groups excluding carboxylic acids is 3. The molecular weight excluding hydrogens is 338 g/mol. The number of nitrogens with two attached hydrogens (primary N) is 1. The molecule has 0 atom stereocenters. The van der Waals surface area contributed by atoms with Crippen LogP contribution in [0, 0.1) is 12.3 Å². The molecule has 0 bridgehead atoms. The van der Waals surface area contributed by atoms with Crippen molar-refractivity contribution in [2.45, 2.75) is 18.4 Å². The van der Waals surface area contributed by atoms with E-state index in [1.807, 2.05) is 0 Å². The summed E-state index contributed by atoms with van der Waals surface area (Å²) >= 11 is 0. The predicted octanol–water partition coefficient (Wildman–Crippen LogP) is 0.288. The molecule has 0 aromatic heterocycles. The Hall–Kier alpha value is -3.05. The number of benzene rings is 1. The van der Waals surface area contributed by atoms with Gasteiger partial charge >= 0.3 is 5.91 Å². The molecule has 1 aliphatic heterocycles. The summed E-state index contributed by atoms with van der Waals surface area (Å²) < 4.78 is 10.6. The van der Waals surface area contributed by atoms with Crippen molar-refractivity contribution < 1.29 is 23.9 Å². The van der Waals surface area contributed by atoms with E-state index in [2.05, 4.69) is 5.92 Å². The zero-order valence-corrected chi connectivity index (χ0v) is 14.7. The Balaban J connectivity index is 2.64. The van der Waals surface area contributed by atoms with Crippen LogP contribution in [0.25, 0.3) is 0 Å². The Morgan fingerprint density at radius 3 is 2.54 bits per heavy atom.